The molecular formula is C18H28O2. The Bertz CT molecular complexity index is 339. The Kier molecular flexibility index (Phi) is 9.64. The summed E-state index contributed by atoms with van der Waals surface area (Å²) in [5.41, 5.74) is 0. The van der Waals surface area contributed by atoms with E-state index in [1.165, 1.54) is 25.7 Å². The van der Waals surface area contributed by atoms with Gasteiger partial charge >= 0.3 is 5.97 Å². The monoisotopic (exact) mass is 276 g/mol. The minimum absolute atomic E-state index is 0.0472. The summed E-state index contributed by atoms with van der Waals surface area (Å²) >= 11 is 0. The zero-order valence-electron chi connectivity index (χ0n) is 12.7. The van der Waals surface area contributed by atoms with Crippen LogP contribution in [0.4, 0.5) is 0 Å². The molecule has 0 aromatic rings. The second-order valence-electron chi connectivity index (χ2n) is 5.27. The Morgan fingerprint density at radius 3 is 2.40 bits per heavy atom. The van der Waals surface area contributed by atoms with Gasteiger partial charge in [-0.25, -0.2) is 0 Å². The number of hydrogen-bond donors (Lipinski definition) is 0. The SMILES string of the molecule is CCCCC/C=C\C/C=C\C/C=C\CC1CCC(=O)O1. The van der Waals surface area contributed by atoms with Gasteiger partial charge < -0.3 is 4.74 Å². The van der Waals surface area contributed by atoms with Crippen molar-refractivity contribution in [2.24, 2.45) is 0 Å². The Balaban J connectivity index is 1.94. The highest BCUT2D eigenvalue weighted by molar-refractivity contribution is 5.71. The molecule has 1 aliphatic heterocycles. The Morgan fingerprint density at radius 1 is 1.05 bits per heavy atom. The predicted octanol–water partition coefficient (Wildman–Crippen LogP) is 5.11. The van der Waals surface area contributed by atoms with Gasteiger partial charge in [-0.3, -0.25) is 4.79 Å². The summed E-state index contributed by atoms with van der Waals surface area (Å²) < 4.78 is 5.14. The van der Waals surface area contributed by atoms with Crippen molar-refractivity contribution >= 4 is 5.97 Å². The summed E-state index contributed by atoms with van der Waals surface area (Å²) in [7, 11) is 0. The van der Waals surface area contributed by atoms with Gasteiger partial charge in [0.05, 0.1) is 0 Å². The highest BCUT2D eigenvalue weighted by Crippen LogP contribution is 2.17. The fourth-order valence-corrected chi connectivity index (χ4v) is 2.17. The van der Waals surface area contributed by atoms with E-state index in [0.29, 0.717) is 6.42 Å². The first-order valence-electron chi connectivity index (χ1n) is 7.97. The minimum atomic E-state index is -0.0472. The van der Waals surface area contributed by atoms with Crippen molar-refractivity contribution in [3.63, 3.8) is 0 Å². The molecule has 1 atom stereocenters. The normalized spacial score (nSPS) is 19.6. The molecule has 0 saturated carbocycles. The van der Waals surface area contributed by atoms with Crippen molar-refractivity contribution in [3.8, 4) is 0 Å². The Labute approximate surface area is 123 Å². The first-order chi connectivity index (χ1) is 9.83. The van der Waals surface area contributed by atoms with Crippen LogP contribution in [0.3, 0.4) is 0 Å². The predicted molar refractivity (Wildman–Crippen MR) is 84.5 cm³/mol. The molecule has 1 aliphatic rings. The lowest BCUT2D eigenvalue weighted by molar-refractivity contribution is -0.141. The van der Waals surface area contributed by atoms with Gasteiger partial charge in [0.25, 0.3) is 0 Å². The third-order valence-corrected chi connectivity index (χ3v) is 3.39. The van der Waals surface area contributed by atoms with Crippen molar-refractivity contribution in [1.29, 1.82) is 0 Å². The minimum Gasteiger partial charge on any atom is -0.462 e. The van der Waals surface area contributed by atoms with E-state index in [2.05, 4.69) is 43.4 Å². The third-order valence-electron chi connectivity index (χ3n) is 3.39. The van der Waals surface area contributed by atoms with Crippen LogP contribution < -0.4 is 0 Å². The molecule has 0 spiro atoms. The van der Waals surface area contributed by atoms with Gasteiger partial charge in [0.15, 0.2) is 0 Å². The molecule has 0 aliphatic carbocycles. The summed E-state index contributed by atoms with van der Waals surface area (Å²) in [6.07, 6.45) is 22.8. The standard InChI is InChI=1S/C18H28O2/c1-2-3-4-5-6-7-8-9-10-11-12-13-14-17-15-16-18(19)20-17/h6-7,9-10,12-13,17H,2-5,8,11,14-16H2,1H3/b7-6-,10-9-,13-12-. The van der Waals surface area contributed by atoms with Gasteiger partial charge in [-0.15, -0.1) is 0 Å². The van der Waals surface area contributed by atoms with Gasteiger partial charge in [0, 0.05) is 12.8 Å². The second kappa shape index (κ2) is 11.5. The highest BCUT2D eigenvalue weighted by Gasteiger charge is 2.21. The molecule has 112 valence electrons. The summed E-state index contributed by atoms with van der Waals surface area (Å²) in [6.45, 7) is 2.23. The quantitative estimate of drug-likeness (QED) is 0.315. The summed E-state index contributed by atoms with van der Waals surface area (Å²) in [4.78, 5) is 10.9. The second-order valence-corrected chi connectivity index (χ2v) is 5.27. The highest BCUT2D eigenvalue weighted by atomic mass is 16.5. The molecule has 0 aromatic heterocycles. The van der Waals surface area contributed by atoms with E-state index in [0.717, 1.165) is 25.7 Å². The van der Waals surface area contributed by atoms with Crippen LogP contribution in [0.15, 0.2) is 36.5 Å². The van der Waals surface area contributed by atoms with Crippen molar-refractivity contribution in [2.45, 2.75) is 70.8 Å². The van der Waals surface area contributed by atoms with Crippen LogP contribution in [0.2, 0.25) is 0 Å². The van der Waals surface area contributed by atoms with E-state index in [4.69, 9.17) is 4.74 Å². The molecule has 20 heavy (non-hydrogen) atoms. The average molecular weight is 276 g/mol. The van der Waals surface area contributed by atoms with Crippen LogP contribution in [0.5, 0.6) is 0 Å². The third kappa shape index (κ3) is 8.73. The smallest absolute Gasteiger partial charge is 0.306 e. The number of carbonyl (C=O) groups excluding carboxylic acids is 1. The van der Waals surface area contributed by atoms with Gasteiger partial charge in [-0.2, -0.15) is 0 Å². The largest absolute Gasteiger partial charge is 0.462 e. The Hall–Kier alpha value is -1.31. The lowest BCUT2D eigenvalue weighted by Crippen LogP contribution is -2.04. The molecular weight excluding hydrogens is 248 g/mol. The number of unbranched alkanes of at least 4 members (excludes halogenated alkanes) is 3. The fourth-order valence-electron chi connectivity index (χ4n) is 2.17. The van der Waals surface area contributed by atoms with Gasteiger partial charge in [-0.05, 0) is 32.1 Å². The number of carbonyl (C=O) groups is 1. The number of esters is 1. The molecule has 0 radical (unpaired) electrons. The number of ether oxygens (including phenoxy) is 1. The number of hydrogen-bond acceptors (Lipinski definition) is 2. The van der Waals surface area contributed by atoms with Gasteiger partial charge in [-0.1, -0.05) is 56.2 Å². The molecule has 1 saturated heterocycles. The zero-order chi connectivity index (χ0) is 14.5. The van der Waals surface area contributed by atoms with Crippen LogP contribution >= 0.6 is 0 Å². The van der Waals surface area contributed by atoms with E-state index in [9.17, 15) is 4.79 Å². The van der Waals surface area contributed by atoms with Crippen LogP contribution in [-0.2, 0) is 9.53 Å². The average Bonchev–Trinajstić information content (AvgIpc) is 2.86. The Morgan fingerprint density at radius 2 is 1.75 bits per heavy atom. The molecule has 0 bridgehead atoms. The number of allylic oxidation sites excluding steroid dienone is 5. The van der Waals surface area contributed by atoms with Crippen LogP contribution in [0, 0.1) is 0 Å². The number of cyclic esters (lactones) is 1. The lowest BCUT2D eigenvalue weighted by atomic mass is 10.1. The van der Waals surface area contributed by atoms with E-state index < -0.39 is 0 Å². The molecule has 2 heteroatoms. The maximum absolute atomic E-state index is 10.9. The maximum atomic E-state index is 10.9. The van der Waals surface area contributed by atoms with Crippen LogP contribution in [0.1, 0.15) is 64.7 Å². The zero-order valence-corrected chi connectivity index (χ0v) is 12.7. The van der Waals surface area contributed by atoms with E-state index in [-0.39, 0.29) is 12.1 Å². The summed E-state index contributed by atoms with van der Waals surface area (Å²) in [5, 5.41) is 0. The van der Waals surface area contributed by atoms with E-state index in [1.807, 2.05) is 0 Å². The lowest BCUT2D eigenvalue weighted by Gasteiger charge is -2.03. The van der Waals surface area contributed by atoms with Crippen molar-refractivity contribution in [2.75, 3.05) is 0 Å². The topological polar surface area (TPSA) is 26.3 Å². The van der Waals surface area contributed by atoms with Crippen molar-refractivity contribution in [3.05, 3.63) is 36.5 Å². The molecule has 1 fully saturated rings. The molecule has 0 amide bonds. The first kappa shape index (κ1) is 16.7. The van der Waals surface area contributed by atoms with Crippen LogP contribution in [-0.4, -0.2) is 12.1 Å². The van der Waals surface area contributed by atoms with Gasteiger partial charge in [0.2, 0.25) is 0 Å². The van der Waals surface area contributed by atoms with Gasteiger partial charge in [0.1, 0.15) is 6.10 Å². The summed E-state index contributed by atoms with van der Waals surface area (Å²) in [5.74, 6) is -0.0472. The van der Waals surface area contributed by atoms with Crippen molar-refractivity contribution < 1.29 is 9.53 Å². The maximum Gasteiger partial charge on any atom is 0.306 e. The molecule has 0 aromatic carbocycles. The molecule has 1 rings (SSSR count). The van der Waals surface area contributed by atoms with Crippen molar-refractivity contribution in [1.82, 2.24) is 0 Å². The first-order valence-corrected chi connectivity index (χ1v) is 7.97. The number of rotatable bonds is 10. The molecule has 2 nitrogen and oxygen atoms in total. The summed E-state index contributed by atoms with van der Waals surface area (Å²) in [6, 6.07) is 0. The van der Waals surface area contributed by atoms with E-state index in [1.54, 1.807) is 0 Å². The van der Waals surface area contributed by atoms with E-state index >= 15 is 0 Å². The van der Waals surface area contributed by atoms with Crippen LogP contribution in [0.25, 0.3) is 0 Å². The molecule has 1 heterocycles. The fraction of sp³-hybridized carbons (Fsp3) is 0.611. The molecule has 1 unspecified atom stereocenters. The molecule has 0 N–H and O–H groups in total.